The number of carbonyl (C=O) groups excluding carboxylic acids is 1. The minimum absolute atomic E-state index is 0.125. The van der Waals surface area contributed by atoms with Crippen LogP contribution in [0, 0.1) is 6.92 Å². The second-order valence-electron chi connectivity index (χ2n) is 6.53. The number of fused-ring (bicyclic) bond motifs is 2. The van der Waals surface area contributed by atoms with E-state index in [0.717, 1.165) is 16.8 Å². The zero-order valence-corrected chi connectivity index (χ0v) is 16.1. The van der Waals surface area contributed by atoms with Crippen LogP contribution in [0.2, 0.25) is 10.0 Å². The number of carbonyl (C=O) groups is 1. The summed E-state index contributed by atoms with van der Waals surface area (Å²) in [6, 6.07) is 5.31. The summed E-state index contributed by atoms with van der Waals surface area (Å²) < 4.78 is 1.61. The molecule has 0 saturated heterocycles. The number of aromatic nitrogens is 6. The molecule has 1 unspecified atom stereocenters. The van der Waals surface area contributed by atoms with Gasteiger partial charge in [0.15, 0.2) is 11.5 Å². The van der Waals surface area contributed by atoms with Crippen LogP contribution >= 0.6 is 23.2 Å². The number of H-pyrrole nitrogens is 1. The van der Waals surface area contributed by atoms with Gasteiger partial charge < -0.3 is 10.3 Å². The van der Waals surface area contributed by atoms with Crippen LogP contribution in [-0.4, -0.2) is 35.6 Å². The number of aryl methyl sites for hydroxylation is 1. The number of imidazole rings is 1. The van der Waals surface area contributed by atoms with Crippen molar-refractivity contribution in [3.8, 4) is 5.82 Å². The molecule has 3 aromatic heterocycles. The number of hydrogen-bond acceptors (Lipinski definition) is 5. The van der Waals surface area contributed by atoms with Crippen molar-refractivity contribution >= 4 is 46.1 Å². The molecule has 140 valence electrons. The normalized spacial score (nSPS) is 16.2. The van der Waals surface area contributed by atoms with Crippen molar-refractivity contribution in [2.45, 2.75) is 19.3 Å². The molecule has 0 aliphatic carbocycles. The maximum absolute atomic E-state index is 12.5. The highest BCUT2D eigenvalue weighted by atomic mass is 35.5. The third-order valence-electron chi connectivity index (χ3n) is 4.84. The van der Waals surface area contributed by atoms with Crippen LogP contribution < -0.4 is 5.32 Å². The van der Waals surface area contributed by atoms with Gasteiger partial charge in [0.1, 0.15) is 17.7 Å². The van der Waals surface area contributed by atoms with Gasteiger partial charge in [0, 0.05) is 27.9 Å². The highest BCUT2D eigenvalue weighted by molar-refractivity contribution is 6.35. The average Bonchev–Trinajstić information content (AvgIpc) is 3.26. The molecule has 2 N–H and O–H groups in total. The second-order valence-corrected chi connectivity index (χ2v) is 7.37. The van der Waals surface area contributed by atoms with Crippen molar-refractivity contribution < 1.29 is 4.79 Å². The van der Waals surface area contributed by atoms with Gasteiger partial charge in [-0.15, -0.1) is 0 Å². The predicted molar refractivity (Wildman–Crippen MR) is 105 cm³/mol. The van der Waals surface area contributed by atoms with Gasteiger partial charge in [0.2, 0.25) is 5.91 Å². The maximum Gasteiger partial charge on any atom is 0.226 e. The van der Waals surface area contributed by atoms with Crippen molar-refractivity contribution in [1.82, 2.24) is 29.7 Å². The second kappa shape index (κ2) is 6.29. The lowest BCUT2D eigenvalue weighted by molar-refractivity contribution is -0.116. The van der Waals surface area contributed by atoms with Crippen molar-refractivity contribution in [2.24, 2.45) is 0 Å². The minimum atomic E-state index is -0.235. The quantitative estimate of drug-likeness (QED) is 0.522. The van der Waals surface area contributed by atoms with Crippen LogP contribution in [0.1, 0.15) is 29.2 Å². The zero-order valence-electron chi connectivity index (χ0n) is 14.6. The van der Waals surface area contributed by atoms with Gasteiger partial charge in [0.25, 0.3) is 0 Å². The molecule has 1 atom stereocenters. The Balaban J connectivity index is 1.73. The molecule has 0 radical (unpaired) electrons. The molecule has 4 aromatic rings. The Morgan fingerprint density at radius 1 is 1.21 bits per heavy atom. The molecule has 0 fully saturated rings. The van der Waals surface area contributed by atoms with Crippen molar-refractivity contribution in [3.05, 3.63) is 57.7 Å². The van der Waals surface area contributed by atoms with Crippen LogP contribution in [0.5, 0.6) is 0 Å². The van der Waals surface area contributed by atoms with Crippen LogP contribution in [0.15, 0.2) is 30.9 Å². The first-order valence-electron chi connectivity index (χ1n) is 8.51. The van der Waals surface area contributed by atoms with Gasteiger partial charge in [-0.05, 0) is 24.6 Å². The highest BCUT2D eigenvalue weighted by Crippen LogP contribution is 2.42. The molecule has 0 bridgehead atoms. The van der Waals surface area contributed by atoms with E-state index in [1.807, 2.05) is 13.0 Å². The summed E-state index contributed by atoms with van der Waals surface area (Å²) in [5.41, 5.74) is 3.66. The molecule has 1 amide bonds. The minimum Gasteiger partial charge on any atom is -0.340 e. The molecule has 4 heterocycles. The Kier molecular flexibility index (Phi) is 3.85. The van der Waals surface area contributed by atoms with E-state index in [2.05, 4.69) is 30.4 Å². The van der Waals surface area contributed by atoms with E-state index >= 15 is 0 Å². The third-order valence-corrected chi connectivity index (χ3v) is 5.41. The number of rotatable bonds is 2. The number of aromatic amines is 1. The van der Waals surface area contributed by atoms with Gasteiger partial charge >= 0.3 is 0 Å². The monoisotopic (exact) mass is 413 g/mol. The largest absolute Gasteiger partial charge is 0.340 e. The Morgan fingerprint density at radius 2 is 2.07 bits per heavy atom. The fourth-order valence-electron chi connectivity index (χ4n) is 3.66. The fourth-order valence-corrected chi connectivity index (χ4v) is 4.20. The van der Waals surface area contributed by atoms with Crippen LogP contribution in [0.3, 0.4) is 0 Å². The highest BCUT2D eigenvalue weighted by Gasteiger charge is 2.34. The first-order valence-corrected chi connectivity index (χ1v) is 9.27. The first-order chi connectivity index (χ1) is 13.5. The molecule has 1 aliphatic rings. The van der Waals surface area contributed by atoms with Gasteiger partial charge in [-0.2, -0.15) is 9.78 Å². The number of nitrogens with zero attached hydrogens (tertiary/aromatic N) is 5. The van der Waals surface area contributed by atoms with Crippen molar-refractivity contribution in [3.63, 3.8) is 0 Å². The molecule has 1 aromatic carbocycles. The van der Waals surface area contributed by atoms with Crippen molar-refractivity contribution in [2.75, 3.05) is 5.32 Å². The summed E-state index contributed by atoms with van der Waals surface area (Å²) in [5.74, 6) is 0.718. The Labute approximate surface area is 168 Å². The summed E-state index contributed by atoms with van der Waals surface area (Å²) >= 11 is 12.5. The summed E-state index contributed by atoms with van der Waals surface area (Å²) in [6.45, 7) is 1.90. The number of amides is 1. The number of nitrogens with one attached hydrogen (secondary N) is 2. The van der Waals surface area contributed by atoms with Gasteiger partial charge in [-0.25, -0.2) is 15.0 Å². The van der Waals surface area contributed by atoms with E-state index in [0.29, 0.717) is 32.8 Å². The number of anilines is 1. The standard InChI is InChI=1S/C18H13Cl2N7O/c1-8-14-11(10-3-2-9(19)4-12(10)20)5-13(28)25-17(14)27(26-8)18-15-16(22-6-21-15)23-7-24-18/h2-4,6-7,11H,5H2,1H3,(H,25,28)(H,21,22,23,24). The molecule has 5 rings (SSSR count). The SMILES string of the molecule is Cc1nn(-c2ncnc3nc[nH]c23)c2c1C(c1ccc(Cl)cc1Cl)CC(=O)N2. The lowest BCUT2D eigenvalue weighted by Crippen LogP contribution is -2.25. The summed E-state index contributed by atoms with van der Waals surface area (Å²) in [6.07, 6.45) is 3.23. The van der Waals surface area contributed by atoms with E-state index in [1.54, 1.807) is 23.1 Å². The maximum atomic E-state index is 12.5. The smallest absolute Gasteiger partial charge is 0.226 e. The lowest BCUT2D eigenvalue weighted by atomic mass is 9.86. The zero-order chi connectivity index (χ0) is 19.4. The van der Waals surface area contributed by atoms with Crippen molar-refractivity contribution in [1.29, 1.82) is 0 Å². The molecular weight excluding hydrogens is 401 g/mol. The molecule has 8 nitrogen and oxygen atoms in total. The van der Waals surface area contributed by atoms with E-state index in [-0.39, 0.29) is 18.2 Å². The molecule has 28 heavy (non-hydrogen) atoms. The Morgan fingerprint density at radius 3 is 2.89 bits per heavy atom. The molecule has 0 spiro atoms. The topological polar surface area (TPSA) is 101 Å². The molecule has 10 heteroatoms. The van der Waals surface area contributed by atoms with Gasteiger partial charge in [0.05, 0.1) is 12.0 Å². The van der Waals surface area contributed by atoms with Crippen LogP contribution in [0.25, 0.3) is 17.0 Å². The summed E-state index contributed by atoms with van der Waals surface area (Å²) in [7, 11) is 0. The molecular formula is C18H13Cl2N7O. The number of benzene rings is 1. The van der Waals surface area contributed by atoms with Gasteiger partial charge in [-0.1, -0.05) is 29.3 Å². The van der Waals surface area contributed by atoms with E-state index in [9.17, 15) is 4.79 Å². The number of hydrogen-bond donors (Lipinski definition) is 2. The van der Waals surface area contributed by atoms with E-state index in [1.165, 1.54) is 6.33 Å². The summed E-state index contributed by atoms with van der Waals surface area (Å²) in [5, 5.41) is 8.64. The van der Waals surface area contributed by atoms with E-state index < -0.39 is 0 Å². The first kappa shape index (κ1) is 17.2. The summed E-state index contributed by atoms with van der Waals surface area (Å²) in [4.78, 5) is 28.2. The van der Waals surface area contributed by atoms with Crippen LogP contribution in [0.4, 0.5) is 5.82 Å². The third kappa shape index (κ3) is 2.56. The van der Waals surface area contributed by atoms with Gasteiger partial charge in [-0.3, -0.25) is 4.79 Å². The van der Waals surface area contributed by atoms with Crippen LogP contribution in [-0.2, 0) is 4.79 Å². The fraction of sp³-hybridized carbons (Fsp3) is 0.167. The predicted octanol–water partition coefficient (Wildman–Crippen LogP) is 3.63. The lowest BCUT2D eigenvalue weighted by Gasteiger charge is -2.25. The average molecular weight is 414 g/mol. The molecule has 0 saturated carbocycles. The number of halogens is 2. The van der Waals surface area contributed by atoms with E-state index in [4.69, 9.17) is 23.2 Å². The molecule has 1 aliphatic heterocycles. The Hall–Kier alpha value is -2.97. The Bertz CT molecular complexity index is 1250.